The molecule has 0 aliphatic heterocycles. The van der Waals surface area contributed by atoms with Crippen molar-refractivity contribution in [2.24, 2.45) is 0 Å². The van der Waals surface area contributed by atoms with Gasteiger partial charge in [-0.05, 0) is 37.5 Å². The van der Waals surface area contributed by atoms with E-state index < -0.39 is 0 Å². The van der Waals surface area contributed by atoms with Crippen LogP contribution in [0.2, 0.25) is 0 Å². The van der Waals surface area contributed by atoms with Crippen LogP contribution in [0.1, 0.15) is 33.4 Å². The topological polar surface area (TPSA) is 0 Å². The van der Waals surface area contributed by atoms with Gasteiger partial charge in [-0.2, -0.15) is 0 Å². The summed E-state index contributed by atoms with van der Waals surface area (Å²) in [7, 11) is 3.11. The van der Waals surface area contributed by atoms with Gasteiger partial charge in [-0.15, -0.1) is 9.24 Å². The van der Waals surface area contributed by atoms with Gasteiger partial charge in [0.1, 0.15) is 0 Å². The minimum Gasteiger partial charge on any atom is -0.117 e. The number of hydrogen-bond donors (Lipinski definition) is 0. The van der Waals surface area contributed by atoms with Gasteiger partial charge in [0.05, 0.1) is 5.16 Å². The highest BCUT2D eigenvalue weighted by atomic mass is 31.0. The summed E-state index contributed by atoms with van der Waals surface area (Å²) in [6.45, 7) is 6.39. The van der Waals surface area contributed by atoms with Crippen molar-refractivity contribution in [2.75, 3.05) is 0 Å². The predicted octanol–water partition coefficient (Wildman–Crippen LogP) is 5.78. The molecule has 0 spiro atoms. The minimum atomic E-state index is -0.227. The molecule has 1 atom stereocenters. The summed E-state index contributed by atoms with van der Waals surface area (Å²) in [4.78, 5) is 0. The third-order valence-electron chi connectivity index (χ3n) is 4.52. The molecule has 0 heterocycles. The number of hydrogen-bond acceptors (Lipinski definition) is 0. The normalized spacial score (nSPS) is 11.5. The largest absolute Gasteiger partial charge is 0.117 e. The van der Waals surface area contributed by atoms with Crippen molar-refractivity contribution in [1.29, 1.82) is 0 Å². The summed E-state index contributed by atoms with van der Waals surface area (Å²) >= 11 is 0. The van der Waals surface area contributed by atoms with Gasteiger partial charge in [-0.3, -0.25) is 0 Å². The lowest BCUT2D eigenvalue weighted by Gasteiger charge is -2.32. The Hall–Kier alpha value is -1.91. The number of benzene rings is 3. The average Bonchev–Trinajstić information content (AvgIpc) is 2.56. The SMILES string of the molecule is Cc1ccc(C(P)(c2ccc(C)cc2)c2ccc(C)cc2)cc1. The molecule has 1 unspecified atom stereocenters. The van der Waals surface area contributed by atoms with Crippen LogP contribution in [0.25, 0.3) is 0 Å². The van der Waals surface area contributed by atoms with Gasteiger partial charge in [0.25, 0.3) is 0 Å². The summed E-state index contributed by atoms with van der Waals surface area (Å²) in [6.07, 6.45) is 0. The monoisotopic (exact) mass is 318 g/mol. The van der Waals surface area contributed by atoms with E-state index >= 15 is 0 Å². The second-order valence-corrected chi connectivity index (χ2v) is 7.27. The summed E-state index contributed by atoms with van der Waals surface area (Å²) in [5.41, 5.74) is 7.74. The molecule has 0 saturated heterocycles. The van der Waals surface area contributed by atoms with Gasteiger partial charge in [0, 0.05) is 0 Å². The van der Waals surface area contributed by atoms with Crippen LogP contribution in [0.3, 0.4) is 0 Å². The lowest BCUT2D eigenvalue weighted by Crippen LogP contribution is -2.21. The van der Waals surface area contributed by atoms with E-state index in [4.69, 9.17) is 0 Å². The molecular weight excluding hydrogens is 295 g/mol. The Morgan fingerprint density at radius 1 is 0.478 bits per heavy atom. The second kappa shape index (κ2) is 6.30. The van der Waals surface area contributed by atoms with Crippen LogP contribution in [0.5, 0.6) is 0 Å². The Labute approximate surface area is 141 Å². The van der Waals surface area contributed by atoms with E-state index in [-0.39, 0.29) is 5.16 Å². The highest BCUT2D eigenvalue weighted by Crippen LogP contribution is 2.45. The van der Waals surface area contributed by atoms with Crippen molar-refractivity contribution in [1.82, 2.24) is 0 Å². The fraction of sp³-hybridized carbons (Fsp3) is 0.182. The Balaban J connectivity index is 2.21. The molecule has 23 heavy (non-hydrogen) atoms. The van der Waals surface area contributed by atoms with E-state index in [0.717, 1.165) is 0 Å². The molecule has 0 aliphatic carbocycles. The first-order valence-corrected chi connectivity index (χ1v) is 8.58. The fourth-order valence-corrected chi connectivity index (χ4v) is 3.53. The van der Waals surface area contributed by atoms with Crippen molar-refractivity contribution in [3.8, 4) is 0 Å². The molecule has 1 heteroatoms. The highest BCUT2D eigenvalue weighted by molar-refractivity contribution is 7.19. The third kappa shape index (κ3) is 3.09. The summed E-state index contributed by atoms with van der Waals surface area (Å²) in [5.74, 6) is 0. The Morgan fingerprint density at radius 3 is 0.913 bits per heavy atom. The average molecular weight is 318 g/mol. The molecule has 116 valence electrons. The first-order valence-electron chi connectivity index (χ1n) is 8.00. The molecule has 0 aromatic heterocycles. The molecule has 0 radical (unpaired) electrons. The molecule has 0 aliphatic rings. The van der Waals surface area contributed by atoms with Gasteiger partial charge in [0.2, 0.25) is 0 Å². The molecule has 0 N–H and O–H groups in total. The molecule has 0 saturated carbocycles. The van der Waals surface area contributed by atoms with Crippen LogP contribution in [-0.4, -0.2) is 0 Å². The maximum atomic E-state index is 3.11. The standard InChI is InChI=1S/C22H23P/c1-16-4-10-19(11-5-16)22(23,20-12-6-17(2)7-13-20)21-14-8-18(3)9-15-21/h4-15H,23H2,1-3H3. The van der Waals surface area contributed by atoms with Crippen LogP contribution in [0, 0.1) is 20.8 Å². The molecular formula is C22H23P. The van der Waals surface area contributed by atoms with E-state index in [0.29, 0.717) is 0 Å². The molecule has 0 amide bonds. The van der Waals surface area contributed by atoms with Crippen LogP contribution in [-0.2, 0) is 5.16 Å². The molecule has 0 bridgehead atoms. The van der Waals surface area contributed by atoms with Crippen molar-refractivity contribution in [2.45, 2.75) is 25.9 Å². The maximum Gasteiger partial charge on any atom is 0.0591 e. The first-order chi connectivity index (χ1) is 11.0. The molecule has 3 aromatic rings. The molecule has 3 rings (SSSR count). The molecule has 0 nitrogen and oxygen atoms in total. The molecule has 3 aromatic carbocycles. The van der Waals surface area contributed by atoms with Gasteiger partial charge in [-0.25, -0.2) is 0 Å². The van der Waals surface area contributed by atoms with Crippen molar-refractivity contribution in [3.05, 3.63) is 106 Å². The first kappa shape index (κ1) is 16.0. The van der Waals surface area contributed by atoms with Crippen molar-refractivity contribution < 1.29 is 0 Å². The van der Waals surface area contributed by atoms with Gasteiger partial charge >= 0.3 is 0 Å². The van der Waals surface area contributed by atoms with E-state index in [9.17, 15) is 0 Å². The van der Waals surface area contributed by atoms with E-state index in [1.165, 1.54) is 33.4 Å². The number of rotatable bonds is 3. The zero-order valence-corrected chi connectivity index (χ0v) is 15.2. The zero-order chi connectivity index (χ0) is 16.4. The Morgan fingerprint density at radius 2 is 0.696 bits per heavy atom. The van der Waals surface area contributed by atoms with E-state index in [1.54, 1.807) is 0 Å². The van der Waals surface area contributed by atoms with E-state index in [2.05, 4.69) is 103 Å². The third-order valence-corrected chi connectivity index (χ3v) is 5.52. The van der Waals surface area contributed by atoms with Gasteiger partial charge < -0.3 is 0 Å². The van der Waals surface area contributed by atoms with Crippen molar-refractivity contribution >= 4 is 9.24 Å². The van der Waals surface area contributed by atoms with Crippen LogP contribution in [0.4, 0.5) is 0 Å². The Bertz CT molecular complexity index is 670. The predicted molar refractivity (Wildman–Crippen MR) is 103 cm³/mol. The lowest BCUT2D eigenvalue weighted by molar-refractivity contribution is 0.894. The summed E-state index contributed by atoms with van der Waals surface area (Å²) < 4.78 is 0. The zero-order valence-electron chi connectivity index (χ0n) is 14.0. The van der Waals surface area contributed by atoms with Crippen LogP contribution < -0.4 is 0 Å². The smallest absolute Gasteiger partial charge is 0.0591 e. The van der Waals surface area contributed by atoms with Gasteiger partial charge in [0.15, 0.2) is 0 Å². The van der Waals surface area contributed by atoms with Crippen molar-refractivity contribution in [3.63, 3.8) is 0 Å². The Kier molecular flexibility index (Phi) is 4.37. The summed E-state index contributed by atoms with van der Waals surface area (Å²) in [6, 6.07) is 26.6. The van der Waals surface area contributed by atoms with Crippen LogP contribution in [0.15, 0.2) is 72.8 Å². The fourth-order valence-electron chi connectivity index (χ4n) is 2.95. The van der Waals surface area contributed by atoms with Crippen LogP contribution >= 0.6 is 9.24 Å². The van der Waals surface area contributed by atoms with E-state index in [1.807, 2.05) is 0 Å². The quantitative estimate of drug-likeness (QED) is 0.424. The molecule has 0 fully saturated rings. The highest BCUT2D eigenvalue weighted by Gasteiger charge is 2.31. The summed E-state index contributed by atoms with van der Waals surface area (Å²) in [5, 5.41) is -0.227. The second-order valence-electron chi connectivity index (χ2n) is 6.41. The number of aryl methyl sites for hydroxylation is 3. The lowest BCUT2D eigenvalue weighted by atomic mass is 9.83. The van der Waals surface area contributed by atoms with Gasteiger partial charge in [-0.1, -0.05) is 89.5 Å². The maximum absolute atomic E-state index is 3.11. The minimum absolute atomic E-state index is 0.227.